The number of aryl methyl sites for hydroxylation is 2. The highest BCUT2D eigenvalue weighted by Crippen LogP contribution is 2.44. The van der Waals surface area contributed by atoms with Gasteiger partial charge in [0.25, 0.3) is 0 Å². The Morgan fingerprint density at radius 2 is 1.02 bits per heavy atom. The van der Waals surface area contributed by atoms with Gasteiger partial charge in [-0.2, -0.15) is 0 Å². The molecule has 8 aromatic carbocycles. The van der Waals surface area contributed by atoms with Crippen molar-refractivity contribution in [2.24, 2.45) is 0 Å². The molecule has 1 aromatic heterocycles. The molecular weight excluding hydrogens is 629 g/mol. The van der Waals surface area contributed by atoms with Crippen molar-refractivity contribution in [2.45, 2.75) is 26.7 Å². The summed E-state index contributed by atoms with van der Waals surface area (Å²) in [4.78, 5) is 2.43. The maximum absolute atomic E-state index is 2.43. The van der Waals surface area contributed by atoms with Crippen molar-refractivity contribution in [3.05, 3.63) is 193 Å². The van der Waals surface area contributed by atoms with Gasteiger partial charge in [0, 0.05) is 33.2 Å². The summed E-state index contributed by atoms with van der Waals surface area (Å²) in [6.07, 6.45) is 1.96. The lowest BCUT2D eigenvalue weighted by Gasteiger charge is -2.28. The van der Waals surface area contributed by atoms with E-state index in [2.05, 4.69) is 205 Å². The first-order valence-corrected chi connectivity index (χ1v) is 18.4. The van der Waals surface area contributed by atoms with Crippen LogP contribution in [-0.2, 0) is 12.8 Å². The molecule has 0 N–H and O–H groups in total. The molecule has 0 aliphatic heterocycles. The van der Waals surface area contributed by atoms with Crippen LogP contribution in [0.15, 0.2) is 182 Å². The van der Waals surface area contributed by atoms with E-state index in [9.17, 15) is 0 Å². The fraction of sp³-hybridized carbons (Fsp3) is 0.0800. The van der Waals surface area contributed by atoms with Crippen LogP contribution in [0.1, 0.15) is 25.0 Å². The van der Waals surface area contributed by atoms with Crippen LogP contribution in [0.4, 0.5) is 17.1 Å². The average molecular weight is 669 g/mol. The Bertz CT molecular complexity index is 2700. The Hall–Kier alpha value is -6.38. The highest BCUT2D eigenvalue weighted by molar-refractivity contribution is 6.12. The number of hydrogen-bond acceptors (Lipinski definition) is 1. The standard InChI is InChI=1S/C50H40N2/c1-3-35-17-11-12-22-41(35)42-29-28-40(33-36(42)4-2)51(38-18-7-5-8-19-38)49-32-30-43(44-23-13-14-24-45(44)49)37-27-31-50-47(34-37)46-25-15-16-26-48(46)52(50)39-20-9-6-10-21-39/h5-34H,3-4H2,1-2H3. The van der Waals surface area contributed by atoms with Gasteiger partial charge in [0.1, 0.15) is 0 Å². The normalized spacial score (nSPS) is 11.4. The van der Waals surface area contributed by atoms with Gasteiger partial charge in [-0.25, -0.2) is 0 Å². The molecule has 9 rings (SSSR count). The summed E-state index contributed by atoms with van der Waals surface area (Å²) in [5.74, 6) is 0. The Labute approximate surface area is 305 Å². The highest BCUT2D eigenvalue weighted by Gasteiger charge is 2.20. The lowest BCUT2D eigenvalue weighted by molar-refractivity contribution is 1.11. The summed E-state index contributed by atoms with van der Waals surface area (Å²) in [5.41, 5.74) is 14.9. The number of benzene rings is 8. The van der Waals surface area contributed by atoms with Crippen LogP contribution in [0.2, 0.25) is 0 Å². The molecule has 0 saturated heterocycles. The molecule has 0 unspecified atom stereocenters. The topological polar surface area (TPSA) is 8.17 Å². The van der Waals surface area contributed by atoms with E-state index in [0.29, 0.717) is 0 Å². The van der Waals surface area contributed by atoms with Crippen molar-refractivity contribution in [1.82, 2.24) is 4.57 Å². The van der Waals surface area contributed by atoms with Crippen LogP contribution in [0.5, 0.6) is 0 Å². The zero-order chi connectivity index (χ0) is 35.0. The zero-order valence-corrected chi connectivity index (χ0v) is 29.6. The average Bonchev–Trinajstić information content (AvgIpc) is 3.55. The van der Waals surface area contributed by atoms with Crippen molar-refractivity contribution >= 4 is 49.6 Å². The van der Waals surface area contributed by atoms with E-state index in [4.69, 9.17) is 0 Å². The minimum atomic E-state index is 0.951. The lowest BCUT2D eigenvalue weighted by Crippen LogP contribution is -2.11. The SMILES string of the molecule is CCc1ccccc1-c1ccc(N(c2ccccc2)c2ccc(-c3ccc4c(c3)c3ccccc3n4-c3ccccc3)c3ccccc23)cc1CC. The number of rotatable bonds is 8. The van der Waals surface area contributed by atoms with Crippen molar-refractivity contribution in [3.63, 3.8) is 0 Å². The highest BCUT2D eigenvalue weighted by atomic mass is 15.1. The van der Waals surface area contributed by atoms with E-state index in [-0.39, 0.29) is 0 Å². The van der Waals surface area contributed by atoms with Gasteiger partial charge in [0.15, 0.2) is 0 Å². The molecule has 2 heteroatoms. The second-order valence-corrected chi connectivity index (χ2v) is 13.5. The second-order valence-electron chi connectivity index (χ2n) is 13.5. The molecule has 0 spiro atoms. The largest absolute Gasteiger partial charge is 0.310 e. The molecule has 250 valence electrons. The van der Waals surface area contributed by atoms with Gasteiger partial charge < -0.3 is 9.47 Å². The quantitative estimate of drug-likeness (QED) is 0.156. The van der Waals surface area contributed by atoms with Crippen molar-refractivity contribution in [1.29, 1.82) is 0 Å². The molecule has 52 heavy (non-hydrogen) atoms. The Balaban J connectivity index is 1.21. The predicted molar refractivity (Wildman–Crippen MR) is 223 cm³/mol. The predicted octanol–water partition coefficient (Wildman–Crippen LogP) is 13.9. The van der Waals surface area contributed by atoms with Crippen molar-refractivity contribution in [3.8, 4) is 27.9 Å². The van der Waals surface area contributed by atoms with E-state index in [1.165, 1.54) is 71.6 Å². The van der Waals surface area contributed by atoms with E-state index in [1.54, 1.807) is 0 Å². The van der Waals surface area contributed by atoms with Crippen LogP contribution in [0.3, 0.4) is 0 Å². The number of anilines is 3. The number of hydrogen-bond donors (Lipinski definition) is 0. The maximum Gasteiger partial charge on any atom is 0.0541 e. The van der Waals surface area contributed by atoms with Crippen LogP contribution in [0, 0.1) is 0 Å². The molecule has 0 bridgehead atoms. The fourth-order valence-corrected chi connectivity index (χ4v) is 8.10. The van der Waals surface area contributed by atoms with Gasteiger partial charge >= 0.3 is 0 Å². The number of fused-ring (bicyclic) bond motifs is 4. The molecule has 0 fully saturated rings. The minimum absolute atomic E-state index is 0.951. The van der Waals surface area contributed by atoms with Crippen molar-refractivity contribution in [2.75, 3.05) is 4.90 Å². The Morgan fingerprint density at radius 1 is 0.404 bits per heavy atom. The summed E-state index contributed by atoms with van der Waals surface area (Å²) in [7, 11) is 0. The first-order chi connectivity index (χ1) is 25.7. The zero-order valence-electron chi connectivity index (χ0n) is 29.6. The minimum Gasteiger partial charge on any atom is -0.310 e. The fourth-order valence-electron chi connectivity index (χ4n) is 8.10. The van der Waals surface area contributed by atoms with E-state index < -0.39 is 0 Å². The van der Waals surface area contributed by atoms with E-state index in [0.717, 1.165) is 29.9 Å². The van der Waals surface area contributed by atoms with Gasteiger partial charge in [0.05, 0.1) is 16.7 Å². The van der Waals surface area contributed by atoms with Gasteiger partial charge in [-0.3, -0.25) is 0 Å². The first-order valence-electron chi connectivity index (χ1n) is 18.4. The number of para-hydroxylation sites is 3. The Kier molecular flexibility index (Phi) is 8.14. The third kappa shape index (κ3) is 5.36. The summed E-state index contributed by atoms with van der Waals surface area (Å²) >= 11 is 0. The first kappa shape index (κ1) is 31.6. The summed E-state index contributed by atoms with van der Waals surface area (Å²) < 4.78 is 2.38. The van der Waals surface area contributed by atoms with Crippen LogP contribution in [-0.4, -0.2) is 4.57 Å². The second kappa shape index (κ2) is 13.4. The van der Waals surface area contributed by atoms with Gasteiger partial charge in [-0.05, 0) is 112 Å². The molecule has 9 aromatic rings. The molecule has 0 aliphatic rings. The smallest absolute Gasteiger partial charge is 0.0541 e. The van der Waals surface area contributed by atoms with Gasteiger partial charge in [-0.15, -0.1) is 0 Å². The van der Waals surface area contributed by atoms with Crippen LogP contribution >= 0.6 is 0 Å². The van der Waals surface area contributed by atoms with Crippen molar-refractivity contribution < 1.29 is 0 Å². The monoisotopic (exact) mass is 668 g/mol. The van der Waals surface area contributed by atoms with Crippen LogP contribution in [0.25, 0.3) is 60.5 Å². The van der Waals surface area contributed by atoms with E-state index >= 15 is 0 Å². The third-order valence-corrected chi connectivity index (χ3v) is 10.6. The molecule has 0 amide bonds. The molecular formula is C50H40N2. The van der Waals surface area contributed by atoms with Gasteiger partial charge in [-0.1, -0.05) is 135 Å². The summed E-state index contributed by atoms with van der Waals surface area (Å²) in [5, 5.41) is 4.97. The van der Waals surface area contributed by atoms with E-state index in [1.807, 2.05) is 0 Å². The summed E-state index contributed by atoms with van der Waals surface area (Å²) in [6, 6.07) is 66.5. The number of nitrogens with zero attached hydrogens (tertiary/aromatic N) is 2. The molecule has 2 nitrogen and oxygen atoms in total. The molecule has 0 radical (unpaired) electrons. The molecule has 0 saturated carbocycles. The summed E-state index contributed by atoms with van der Waals surface area (Å²) in [6.45, 7) is 4.51. The molecule has 1 heterocycles. The maximum atomic E-state index is 2.43. The number of aromatic nitrogens is 1. The molecule has 0 aliphatic carbocycles. The van der Waals surface area contributed by atoms with Crippen LogP contribution < -0.4 is 4.90 Å². The molecule has 0 atom stereocenters. The Morgan fingerprint density at radius 3 is 1.81 bits per heavy atom. The lowest BCUT2D eigenvalue weighted by atomic mass is 9.92. The van der Waals surface area contributed by atoms with Gasteiger partial charge in [0.2, 0.25) is 0 Å². The third-order valence-electron chi connectivity index (χ3n) is 10.6.